The first-order valence-corrected chi connectivity index (χ1v) is 8.95. The van der Waals surface area contributed by atoms with Crippen LogP contribution in [-0.4, -0.2) is 27.2 Å². The number of carbonyl (C=O) groups is 2. The van der Waals surface area contributed by atoms with Crippen molar-refractivity contribution in [3.05, 3.63) is 66.4 Å². The summed E-state index contributed by atoms with van der Waals surface area (Å²) in [5.41, 5.74) is 9.05. The molecule has 0 saturated heterocycles. The number of rotatable bonds is 5. The molecule has 0 bridgehead atoms. The number of benzene rings is 2. The Morgan fingerprint density at radius 1 is 1.12 bits per heavy atom. The minimum atomic E-state index is -0.859. The maximum Gasteiger partial charge on any atom is 0.318 e. The summed E-state index contributed by atoms with van der Waals surface area (Å²) in [5, 5.41) is 2.72. The third kappa shape index (κ3) is 4.12. The van der Waals surface area contributed by atoms with E-state index in [9.17, 15) is 9.59 Å². The second-order valence-electron chi connectivity index (χ2n) is 5.66. The van der Waals surface area contributed by atoms with Gasteiger partial charge in [0, 0.05) is 11.3 Å². The number of carbonyl (C=O) groups excluding carboxylic acids is 2. The number of imide groups is 1. The molecule has 3 rings (SSSR count). The number of nitrogens with one attached hydrogen (secondary N) is 1. The number of aromatic nitrogens is 2. The Morgan fingerprint density at radius 3 is 2.46 bits per heavy atom. The van der Waals surface area contributed by atoms with Crippen LogP contribution in [0.4, 0.5) is 4.79 Å². The van der Waals surface area contributed by atoms with Gasteiger partial charge < -0.3 is 5.73 Å². The lowest BCUT2D eigenvalue weighted by Gasteiger charge is -2.12. The van der Waals surface area contributed by atoms with Crippen molar-refractivity contribution in [1.82, 2.24) is 14.9 Å². The fraction of sp³-hybridized carbons (Fsp3) is 0.105. The molecule has 6 nitrogen and oxygen atoms in total. The first-order chi connectivity index (χ1) is 12.5. The number of urea groups is 1. The Balaban J connectivity index is 1.96. The van der Waals surface area contributed by atoms with Gasteiger partial charge in [-0.15, -0.1) is 0 Å². The molecule has 132 valence electrons. The Labute approximate surface area is 155 Å². The summed E-state index contributed by atoms with van der Waals surface area (Å²) in [6.07, 6.45) is 1.78. The van der Waals surface area contributed by atoms with Gasteiger partial charge in [0.05, 0.1) is 17.6 Å². The first kappa shape index (κ1) is 17.8. The standard InChI is InChI=1S/C19H18N4O2S/c1-13-7-9-14(10-8-13)16-11-21-19(26-12-17(24)22-18(20)25)23(16)15-5-3-2-4-6-15/h2-11H,12H2,1H3,(H3,20,22,24,25). The third-order valence-electron chi connectivity index (χ3n) is 3.69. The molecule has 0 aliphatic carbocycles. The number of nitrogens with zero attached hydrogens (tertiary/aromatic N) is 2. The quantitative estimate of drug-likeness (QED) is 0.679. The Bertz CT molecular complexity index is 920. The van der Waals surface area contributed by atoms with E-state index in [2.05, 4.69) is 10.3 Å². The Hall–Kier alpha value is -3.06. The molecule has 3 aromatic rings. The highest BCUT2D eigenvalue weighted by molar-refractivity contribution is 7.99. The Morgan fingerprint density at radius 2 is 1.81 bits per heavy atom. The Kier molecular flexibility index (Phi) is 5.38. The molecule has 0 atom stereocenters. The number of nitrogens with two attached hydrogens (primary N) is 1. The van der Waals surface area contributed by atoms with Crippen molar-refractivity contribution in [2.75, 3.05) is 5.75 Å². The lowest BCUT2D eigenvalue weighted by atomic mass is 10.1. The van der Waals surface area contributed by atoms with Gasteiger partial charge in [-0.3, -0.25) is 14.7 Å². The predicted octanol–water partition coefficient (Wildman–Crippen LogP) is 3.13. The van der Waals surface area contributed by atoms with E-state index < -0.39 is 11.9 Å². The molecule has 3 amide bonds. The van der Waals surface area contributed by atoms with Crippen LogP contribution >= 0.6 is 11.8 Å². The molecule has 0 aliphatic heterocycles. The van der Waals surface area contributed by atoms with E-state index in [1.807, 2.05) is 66.1 Å². The molecular weight excluding hydrogens is 348 g/mol. The van der Waals surface area contributed by atoms with E-state index in [4.69, 9.17) is 5.73 Å². The molecule has 0 radical (unpaired) electrons. The average Bonchev–Trinajstić information content (AvgIpc) is 3.05. The maximum absolute atomic E-state index is 11.7. The monoisotopic (exact) mass is 366 g/mol. The van der Waals surface area contributed by atoms with Crippen molar-refractivity contribution in [1.29, 1.82) is 0 Å². The number of para-hydroxylation sites is 1. The van der Waals surface area contributed by atoms with Crippen molar-refractivity contribution in [2.45, 2.75) is 12.1 Å². The molecule has 0 unspecified atom stereocenters. The summed E-state index contributed by atoms with van der Waals surface area (Å²) in [4.78, 5) is 27.0. The highest BCUT2D eigenvalue weighted by Crippen LogP contribution is 2.29. The van der Waals surface area contributed by atoms with Crippen molar-refractivity contribution in [3.8, 4) is 16.9 Å². The highest BCUT2D eigenvalue weighted by Gasteiger charge is 2.15. The zero-order chi connectivity index (χ0) is 18.5. The number of amides is 3. The van der Waals surface area contributed by atoms with Gasteiger partial charge in [-0.25, -0.2) is 9.78 Å². The number of thioether (sulfide) groups is 1. The molecule has 2 aromatic carbocycles. The van der Waals surface area contributed by atoms with Gasteiger partial charge in [0.2, 0.25) is 5.91 Å². The number of primary amides is 1. The van der Waals surface area contributed by atoms with Crippen LogP contribution in [0.25, 0.3) is 16.9 Å². The van der Waals surface area contributed by atoms with Crippen LogP contribution in [-0.2, 0) is 4.79 Å². The molecule has 3 N–H and O–H groups in total. The molecule has 0 saturated carbocycles. The number of hydrogen-bond donors (Lipinski definition) is 2. The van der Waals surface area contributed by atoms with Crippen molar-refractivity contribution in [2.24, 2.45) is 5.73 Å². The van der Waals surface area contributed by atoms with Crippen molar-refractivity contribution < 1.29 is 9.59 Å². The summed E-state index contributed by atoms with van der Waals surface area (Å²) in [6, 6.07) is 17.1. The van der Waals surface area contributed by atoms with Crippen molar-refractivity contribution >= 4 is 23.7 Å². The lowest BCUT2D eigenvalue weighted by molar-refractivity contribution is -0.117. The summed E-state index contributed by atoms with van der Waals surface area (Å²) in [6.45, 7) is 2.04. The highest BCUT2D eigenvalue weighted by atomic mass is 32.2. The second-order valence-corrected chi connectivity index (χ2v) is 6.61. The largest absolute Gasteiger partial charge is 0.351 e. The van der Waals surface area contributed by atoms with Crippen LogP contribution < -0.4 is 11.1 Å². The summed E-state index contributed by atoms with van der Waals surface area (Å²) in [7, 11) is 0. The fourth-order valence-electron chi connectivity index (χ4n) is 2.49. The van der Waals surface area contributed by atoms with E-state index >= 15 is 0 Å². The van der Waals surface area contributed by atoms with Crippen LogP contribution in [0, 0.1) is 6.92 Å². The van der Waals surface area contributed by atoms with E-state index in [-0.39, 0.29) is 5.75 Å². The van der Waals surface area contributed by atoms with Crippen molar-refractivity contribution in [3.63, 3.8) is 0 Å². The molecule has 0 aliphatic rings. The summed E-state index contributed by atoms with van der Waals surface area (Å²) >= 11 is 1.24. The average molecular weight is 366 g/mol. The van der Waals surface area contributed by atoms with Crippen LogP contribution in [0.1, 0.15) is 5.56 Å². The van der Waals surface area contributed by atoms with Gasteiger partial charge in [-0.1, -0.05) is 59.8 Å². The van der Waals surface area contributed by atoms with Crippen LogP contribution in [0.5, 0.6) is 0 Å². The van der Waals surface area contributed by atoms with Crippen LogP contribution in [0.2, 0.25) is 0 Å². The predicted molar refractivity (Wildman–Crippen MR) is 102 cm³/mol. The minimum absolute atomic E-state index is 0.0418. The topological polar surface area (TPSA) is 90.0 Å². The van der Waals surface area contributed by atoms with E-state index in [0.29, 0.717) is 5.16 Å². The van der Waals surface area contributed by atoms with Gasteiger partial charge in [-0.05, 0) is 19.1 Å². The zero-order valence-electron chi connectivity index (χ0n) is 14.2. The molecule has 7 heteroatoms. The molecule has 26 heavy (non-hydrogen) atoms. The SMILES string of the molecule is Cc1ccc(-c2cnc(SCC(=O)NC(N)=O)n2-c2ccccc2)cc1. The smallest absolute Gasteiger partial charge is 0.318 e. The van der Waals surface area contributed by atoms with Crippen LogP contribution in [0.3, 0.4) is 0 Å². The molecule has 1 aromatic heterocycles. The third-order valence-corrected chi connectivity index (χ3v) is 4.64. The minimum Gasteiger partial charge on any atom is -0.351 e. The fourth-order valence-corrected chi connectivity index (χ4v) is 3.29. The van der Waals surface area contributed by atoms with Gasteiger partial charge in [0.15, 0.2) is 5.16 Å². The first-order valence-electron chi connectivity index (χ1n) is 7.97. The number of imidazole rings is 1. The van der Waals surface area contributed by atoms with Gasteiger partial charge in [0.25, 0.3) is 0 Å². The lowest BCUT2D eigenvalue weighted by Crippen LogP contribution is -2.36. The van der Waals surface area contributed by atoms with Gasteiger partial charge in [0.1, 0.15) is 0 Å². The second kappa shape index (κ2) is 7.88. The maximum atomic E-state index is 11.7. The zero-order valence-corrected chi connectivity index (χ0v) is 15.0. The molecule has 0 fully saturated rings. The summed E-state index contributed by atoms with van der Waals surface area (Å²) in [5.74, 6) is -0.415. The van der Waals surface area contributed by atoms with E-state index in [1.165, 1.54) is 17.3 Å². The molecule has 0 spiro atoms. The van der Waals surface area contributed by atoms with Gasteiger partial charge in [-0.2, -0.15) is 0 Å². The molecule has 1 heterocycles. The van der Waals surface area contributed by atoms with Crippen LogP contribution in [0.15, 0.2) is 66.0 Å². The van der Waals surface area contributed by atoms with E-state index in [0.717, 1.165) is 16.9 Å². The number of hydrogen-bond acceptors (Lipinski definition) is 4. The summed E-state index contributed by atoms with van der Waals surface area (Å²) < 4.78 is 1.99. The molecular formula is C19H18N4O2S. The van der Waals surface area contributed by atoms with E-state index in [1.54, 1.807) is 6.20 Å². The normalized spacial score (nSPS) is 10.5. The van der Waals surface area contributed by atoms with Gasteiger partial charge >= 0.3 is 6.03 Å². The number of aryl methyl sites for hydroxylation is 1.